The molecule has 0 atom stereocenters. The minimum atomic E-state index is -0.691. The molecule has 30 heavy (non-hydrogen) atoms. The summed E-state index contributed by atoms with van der Waals surface area (Å²) in [6.07, 6.45) is 5.57. The quantitative estimate of drug-likeness (QED) is 0.350. The van der Waals surface area contributed by atoms with Crippen molar-refractivity contribution in [3.05, 3.63) is 44.6 Å². The van der Waals surface area contributed by atoms with E-state index in [1.165, 1.54) is 6.07 Å². The molecule has 0 saturated heterocycles. The number of ether oxygens (including phenoxy) is 1. The number of carbonyl (C=O) groups excluding carboxylic acids is 1. The molecule has 1 amide bonds. The monoisotopic (exact) mass is 541 g/mol. The number of benzene rings is 1. The molecular weight excluding hydrogens is 517 g/mol. The van der Waals surface area contributed by atoms with E-state index in [1.54, 1.807) is 17.0 Å². The van der Waals surface area contributed by atoms with Crippen molar-refractivity contribution in [3.8, 4) is 11.8 Å². The molecule has 1 aliphatic rings. The number of aliphatic hydroxyl groups is 1. The molecule has 0 fully saturated rings. The van der Waals surface area contributed by atoms with E-state index in [0.29, 0.717) is 47.7 Å². The van der Waals surface area contributed by atoms with Crippen LogP contribution in [0.3, 0.4) is 0 Å². The molecule has 0 bridgehead atoms. The number of hydrogen-bond donors (Lipinski definition) is 1. The fourth-order valence-corrected chi connectivity index (χ4v) is 3.42. The highest BCUT2D eigenvalue weighted by Crippen LogP contribution is 2.27. The summed E-state index contributed by atoms with van der Waals surface area (Å²) in [4.78, 5) is 14.2. The van der Waals surface area contributed by atoms with Crippen LogP contribution < -0.4 is 0 Å². The van der Waals surface area contributed by atoms with Crippen LogP contribution in [0, 0.1) is 17.7 Å². The van der Waals surface area contributed by atoms with Crippen LogP contribution in [-0.4, -0.2) is 41.4 Å². The van der Waals surface area contributed by atoms with Crippen molar-refractivity contribution in [3.63, 3.8) is 0 Å². The van der Waals surface area contributed by atoms with E-state index in [1.807, 2.05) is 26.0 Å². The first-order chi connectivity index (χ1) is 14.2. The fourth-order valence-electron chi connectivity index (χ4n) is 2.93. The number of nitrogens with zero attached hydrogens (tertiary/aromatic N) is 1. The highest BCUT2D eigenvalue weighted by molar-refractivity contribution is 9.28. The molecule has 1 heterocycles. The summed E-state index contributed by atoms with van der Waals surface area (Å²) in [5.41, 5.74) is 1.64. The van der Waals surface area contributed by atoms with E-state index in [2.05, 4.69) is 43.7 Å². The van der Waals surface area contributed by atoms with Gasteiger partial charge in [0.25, 0.3) is 0 Å². The van der Waals surface area contributed by atoms with E-state index in [-0.39, 0.29) is 18.5 Å². The predicted molar refractivity (Wildman–Crippen MR) is 126 cm³/mol. The van der Waals surface area contributed by atoms with Gasteiger partial charge in [0.05, 0.1) is 3.39 Å². The lowest BCUT2D eigenvalue weighted by atomic mass is 9.98. The molecule has 0 radical (unpaired) electrons. The third-order valence-corrected chi connectivity index (χ3v) is 5.02. The normalized spacial score (nSPS) is 13.8. The molecule has 1 N–H and O–H groups in total. The van der Waals surface area contributed by atoms with Crippen molar-refractivity contribution >= 4 is 49.6 Å². The van der Waals surface area contributed by atoms with Gasteiger partial charge in [-0.15, -0.1) is 5.92 Å². The van der Waals surface area contributed by atoms with Gasteiger partial charge in [0.1, 0.15) is 11.4 Å². The molecule has 1 aromatic carbocycles. The zero-order valence-corrected chi connectivity index (χ0v) is 20.4. The maximum Gasteiger partial charge on any atom is 0.410 e. The van der Waals surface area contributed by atoms with Crippen LogP contribution in [0.2, 0.25) is 0 Å². The van der Waals surface area contributed by atoms with E-state index < -0.39 is 5.60 Å². The second-order valence-corrected chi connectivity index (χ2v) is 10.4. The van der Waals surface area contributed by atoms with Gasteiger partial charge in [-0.25, -0.2) is 9.18 Å². The van der Waals surface area contributed by atoms with Crippen LogP contribution >= 0.6 is 31.9 Å². The van der Waals surface area contributed by atoms with Gasteiger partial charge < -0.3 is 14.7 Å². The lowest BCUT2D eigenvalue weighted by molar-refractivity contribution is 0.0186. The number of amides is 1. The lowest BCUT2D eigenvalue weighted by Gasteiger charge is -2.30. The Bertz CT molecular complexity index is 880. The first-order valence-corrected chi connectivity index (χ1v) is 11.4. The minimum Gasteiger partial charge on any atom is -0.442 e. The Morgan fingerprint density at radius 2 is 2.13 bits per heavy atom. The minimum absolute atomic E-state index is 0.125. The molecule has 0 spiro atoms. The maximum absolute atomic E-state index is 14.3. The summed E-state index contributed by atoms with van der Waals surface area (Å²) >= 11 is 6.48. The number of aliphatic hydroxyl groups excluding tert-OH is 1. The van der Waals surface area contributed by atoms with Gasteiger partial charge in [0.15, 0.2) is 0 Å². The van der Waals surface area contributed by atoms with Crippen LogP contribution in [0.5, 0.6) is 0 Å². The Kier molecular flexibility index (Phi) is 9.60. The van der Waals surface area contributed by atoms with Gasteiger partial charge in [-0.2, -0.15) is 0 Å². The van der Waals surface area contributed by atoms with Crippen molar-refractivity contribution in [2.45, 2.75) is 45.1 Å². The Morgan fingerprint density at radius 3 is 2.73 bits per heavy atom. The largest absolute Gasteiger partial charge is 0.442 e. The smallest absolute Gasteiger partial charge is 0.410 e. The third-order valence-electron chi connectivity index (χ3n) is 4.57. The highest BCUT2D eigenvalue weighted by atomic mass is 79.9. The third kappa shape index (κ3) is 7.90. The number of rotatable bonds is 6. The molecule has 4 nitrogen and oxygen atoms in total. The fraction of sp³-hybridized carbons (Fsp3) is 0.435. The summed E-state index contributed by atoms with van der Waals surface area (Å²) in [6.45, 7) is 4.73. The van der Waals surface area contributed by atoms with Crippen LogP contribution in [0.25, 0.3) is 11.6 Å². The van der Waals surface area contributed by atoms with Crippen molar-refractivity contribution in [1.82, 2.24) is 4.90 Å². The predicted octanol–water partition coefficient (Wildman–Crippen LogP) is 6.08. The van der Waals surface area contributed by atoms with Gasteiger partial charge in [-0.1, -0.05) is 24.1 Å². The molecular formula is C23H26Br2FNO3. The summed E-state index contributed by atoms with van der Waals surface area (Å²) in [6, 6.07) is 5.14. The average Bonchev–Trinajstić information content (AvgIpc) is 2.69. The summed E-state index contributed by atoms with van der Waals surface area (Å²) < 4.78 is 20.6. The van der Waals surface area contributed by atoms with Crippen LogP contribution in [-0.2, 0) is 4.74 Å². The van der Waals surface area contributed by atoms with E-state index in [4.69, 9.17) is 9.84 Å². The summed E-state index contributed by atoms with van der Waals surface area (Å²) in [5, 5.41) is 8.77. The zero-order valence-electron chi connectivity index (χ0n) is 17.2. The van der Waals surface area contributed by atoms with Crippen LogP contribution in [0.1, 0.15) is 50.7 Å². The standard InChI is InChI=1S/C23H26Br2FNO3/c1-23(2,11-5-3-4-6-14-28)30-22(29)27-12-9-17(10-13-27)18-7-8-19(16-21(24)25)20(26)15-18/h7-9,15-16,28H,4,6,10-14H2,1-2H3. The van der Waals surface area contributed by atoms with Crippen LogP contribution in [0.4, 0.5) is 9.18 Å². The Labute approximate surface area is 194 Å². The molecule has 0 saturated carbocycles. The maximum atomic E-state index is 14.3. The number of halogens is 3. The van der Waals surface area contributed by atoms with E-state index >= 15 is 0 Å². The zero-order chi connectivity index (χ0) is 22.1. The SMILES string of the molecule is CC(C)(CC#CCCCO)OC(=O)N1CC=C(c2ccc(C=C(Br)Br)c(F)c2)CC1. The molecule has 7 heteroatoms. The van der Waals surface area contributed by atoms with Gasteiger partial charge >= 0.3 is 6.09 Å². The average molecular weight is 543 g/mol. The van der Waals surface area contributed by atoms with Crippen molar-refractivity contribution in [2.75, 3.05) is 19.7 Å². The Balaban J connectivity index is 1.95. The van der Waals surface area contributed by atoms with Crippen molar-refractivity contribution in [2.24, 2.45) is 0 Å². The van der Waals surface area contributed by atoms with Gasteiger partial charge in [0, 0.05) is 38.1 Å². The number of carbonyl (C=O) groups is 1. The topological polar surface area (TPSA) is 49.8 Å². The molecule has 0 unspecified atom stereocenters. The van der Waals surface area contributed by atoms with Gasteiger partial charge in [0.2, 0.25) is 0 Å². The molecule has 0 aliphatic carbocycles. The molecule has 162 valence electrons. The summed E-state index contributed by atoms with van der Waals surface area (Å²) in [5.74, 6) is 5.68. The Morgan fingerprint density at radius 1 is 1.37 bits per heavy atom. The van der Waals surface area contributed by atoms with Gasteiger partial charge in [-0.05, 0) is 81.8 Å². The molecule has 1 aromatic rings. The van der Waals surface area contributed by atoms with Crippen molar-refractivity contribution in [1.29, 1.82) is 0 Å². The number of unbranched alkanes of at least 4 members (excludes halogenated alkanes) is 1. The second-order valence-electron chi connectivity index (χ2n) is 7.58. The van der Waals surface area contributed by atoms with Crippen molar-refractivity contribution < 1.29 is 19.0 Å². The van der Waals surface area contributed by atoms with Crippen LogP contribution in [0.15, 0.2) is 27.7 Å². The highest BCUT2D eigenvalue weighted by Gasteiger charge is 2.26. The van der Waals surface area contributed by atoms with Gasteiger partial charge in [-0.3, -0.25) is 0 Å². The lowest BCUT2D eigenvalue weighted by Crippen LogP contribution is -2.40. The molecule has 0 aromatic heterocycles. The first-order valence-electron chi connectivity index (χ1n) is 9.78. The van der Waals surface area contributed by atoms with E-state index in [9.17, 15) is 9.18 Å². The Hall–Kier alpha value is -1.62. The molecule has 1 aliphatic heterocycles. The first kappa shape index (κ1) is 24.6. The number of hydrogen-bond acceptors (Lipinski definition) is 3. The molecule has 2 rings (SSSR count). The second kappa shape index (κ2) is 11.7. The summed E-state index contributed by atoms with van der Waals surface area (Å²) in [7, 11) is 0. The van der Waals surface area contributed by atoms with E-state index in [0.717, 1.165) is 11.1 Å².